The zero-order chi connectivity index (χ0) is 10.8. The Labute approximate surface area is 96.3 Å². The number of aliphatic hydroxyl groups is 1. The Morgan fingerprint density at radius 1 is 1.47 bits per heavy atom. The van der Waals surface area contributed by atoms with Crippen LogP contribution in [-0.4, -0.2) is 15.1 Å². The smallest absolute Gasteiger partial charge is 0.137 e. The predicted octanol–water partition coefficient (Wildman–Crippen LogP) is 2.64. The highest BCUT2D eigenvalue weighted by atomic mass is 79.9. The van der Waals surface area contributed by atoms with Crippen LogP contribution in [0.1, 0.15) is 11.3 Å². The Kier molecular flexibility index (Phi) is 2.88. The molecule has 15 heavy (non-hydrogen) atoms. The second kappa shape index (κ2) is 4.16. The van der Waals surface area contributed by atoms with E-state index in [4.69, 9.17) is 5.11 Å². The lowest BCUT2D eigenvalue weighted by Crippen LogP contribution is -1.87. The van der Waals surface area contributed by atoms with Crippen LogP contribution in [0, 0.1) is 6.92 Å². The molecule has 1 aromatic carbocycles. The highest BCUT2D eigenvalue weighted by Crippen LogP contribution is 2.24. The monoisotopic (exact) mass is 266 g/mol. The number of hydrogen-bond acceptors (Lipinski definition) is 2. The van der Waals surface area contributed by atoms with Crippen LogP contribution < -0.4 is 0 Å². The summed E-state index contributed by atoms with van der Waals surface area (Å²) in [4.78, 5) is 7.29. The normalized spacial score (nSPS) is 10.6. The minimum Gasteiger partial charge on any atom is -0.390 e. The number of halogens is 1. The first-order chi connectivity index (χ1) is 7.20. The van der Waals surface area contributed by atoms with Crippen molar-refractivity contribution in [3.8, 4) is 11.4 Å². The van der Waals surface area contributed by atoms with E-state index >= 15 is 0 Å². The SMILES string of the molecule is Cc1ccc(Br)cc1-c1ncc(CO)[nH]1. The topological polar surface area (TPSA) is 48.9 Å². The predicted molar refractivity (Wildman–Crippen MR) is 62.4 cm³/mol. The summed E-state index contributed by atoms with van der Waals surface area (Å²) in [5.74, 6) is 0.790. The number of rotatable bonds is 2. The number of aromatic nitrogens is 2. The number of aryl methyl sites for hydroxylation is 1. The molecule has 0 saturated carbocycles. The molecule has 0 amide bonds. The van der Waals surface area contributed by atoms with Gasteiger partial charge in [0.1, 0.15) is 5.82 Å². The Hall–Kier alpha value is -1.13. The summed E-state index contributed by atoms with van der Waals surface area (Å²) >= 11 is 3.43. The average Bonchev–Trinajstić information content (AvgIpc) is 2.70. The quantitative estimate of drug-likeness (QED) is 0.878. The summed E-state index contributed by atoms with van der Waals surface area (Å²) in [5, 5.41) is 8.94. The van der Waals surface area contributed by atoms with Gasteiger partial charge in [-0.25, -0.2) is 4.98 Å². The molecule has 0 aliphatic rings. The van der Waals surface area contributed by atoms with E-state index in [1.165, 1.54) is 0 Å². The van der Waals surface area contributed by atoms with Crippen molar-refractivity contribution in [1.82, 2.24) is 9.97 Å². The molecule has 0 fully saturated rings. The third-order valence-corrected chi connectivity index (χ3v) is 2.75. The Morgan fingerprint density at radius 3 is 2.93 bits per heavy atom. The molecule has 0 bridgehead atoms. The molecule has 0 unspecified atom stereocenters. The molecular weight excluding hydrogens is 256 g/mol. The number of H-pyrrole nitrogens is 1. The third kappa shape index (κ3) is 2.11. The molecule has 0 spiro atoms. The minimum atomic E-state index is -0.0138. The fraction of sp³-hybridized carbons (Fsp3) is 0.182. The van der Waals surface area contributed by atoms with E-state index in [1.54, 1.807) is 6.20 Å². The molecule has 78 valence electrons. The molecule has 0 saturated heterocycles. The molecule has 0 aliphatic heterocycles. The molecular formula is C11H11BrN2O. The number of aliphatic hydroxyl groups excluding tert-OH is 1. The zero-order valence-electron chi connectivity index (χ0n) is 8.29. The summed E-state index contributed by atoms with van der Waals surface area (Å²) < 4.78 is 1.02. The molecule has 2 aromatic rings. The van der Waals surface area contributed by atoms with Crippen molar-refractivity contribution in [3.05, 3.63) is 40.1 Å². The van der Waals surface area contributed by atoms with Gasteiger partial charge in [-0.2, -0.15) is 0 Å². The van der Waals surface area contributed by atoms with Crippen molar-refractivity contribution in [1.29, 1.82) is 0 Å². The maximum Gasteiger partial charge on any atom is 0.137 e. The Morgan fingerprint density at radius 2 is 2.27 bits per heavy atom. The van der Waals surface area contributed by atoms with E-state index in [1.807, 2.05) is 25.1 Å². The number of nitrogens with one attached hydrogen (secondary N) is 1. The first kappa shape index (κ1) is 10.4. The number of hydrogen-bond donors (Lipinski definition) is 2. The van der Waals surface area contributed by atoms with Crippen molar-refractivity contribution in [2.75, 3.05) is 0 Å². The molecule has 4 heteroatoms. The fourth-order valence-corrected chi connectivity index (χ4v) is 1.79. The average molecular weight is 267 g/mol. The maximum atomic E-state index is 8.94. The number of imidazole rings is 1. The molecule has 2 N–H and O–H groups in total. The Balaban J connectivity index is 2.48. The van der Waals surface area contributed by atoms with Gasteiger partial charge in [-0.3, -0.25) is 0 Å². The van der Waals surface area contributed by atoms with E-state index in [0.29, 0.717) is 0 Å². The molecule has 0 radical (unpaired) electrons. The van der Waals surface area contributed by atoms with Gasteiger partial charge in [0.25, 0.3) is 0 Å². The second-order valence-electron chi connectivity index (χ2n) is 3.37. The summed E-state index contributed by atoms with van der Waals surface area (Å²) in [7, 11) is 0. The summed E-state index contributed by atoms with van der Waals surface area (Å²) in [6.45, 7) is 2.02. The maximum absolute atomic E-state index is 8.94. The number of nitrogens with zero attached hydrogens (tertiary/aromatic N) is 1. The van der Waals surface area contributed by atoms with Crippen LogP contribution in [-0.2, 0) is 6.61 Å². The van der Waals surface area contributed by atoms with Crippen molar-refractivity contribution in [2.24, 2.45) is 0 Å². The summed E-state index contributed by atoms with van der Waals surface area (Å²) in [6.07, 6.45) is 1.65. The van der Waals surface area contributed by atoms with Crippen LogP contribution in [0.15, 0.2) is 28.9 Å². The van der Waals surface area contributed by atoms with Crippen LogP contribution in [0.5, 0.6) is 0 Å². The van der Waals surface area contributed by atoms with E-state index in [0.717, 1.165) is 27.1 Å². The van der Waals surface area contributed by atoms with Crippen molar-refractivity contribution >= 4 is 15.9 Å². The molecule has 3 nitrogen and oxygen atoms in total. The van der Waals surface area contributed by atoms with Gasteiger partial charge in [0.15, 0.2) is 0 Å². The number of benzene rings is 1. The van der Waals surface area contributed by atoms with Crippen molar-refractivity contribution in [2.45, 2.75) is 13.5 Å². The van der Waals surface area contributed by atoms with Crippen molar-refractivity contribution in [3.63, 3.8) is 0 Å². The van der Waals surface area contributed by atoms with Gasteiger partial charge in [-0.05, 0) is 24.6 Å². The zero-order valence-corrected chi connectivity index (χ0v) is 9.87. The molecule has 2 rings (SSSR count). The van der Waals surface area contributed by atoms with E-state index in [2.05, 4.69) is 25.9 Å². The van der Waals surface area contributed by atoms with E-state index < -0.39 is 0 Å². The molecule has 0 aliphatic carbocycles. The van der Waals surface area contributed by atoms with Crippen LogP contribution in [0.4, 0.5) is 0 Å². The molecule has 1 heterocycles. The van der Waals surface area contributed by atoms with Gasteiger partial charge in [-0.15, -0.1) is 0 Å². The van der Waals surface area contributed by atoms with Gasteiger partial charge < -0.3 is 10.1 Å². The van der Waals surface area contributed by atoms with Gasteiger partial charge in [-0.1, -0.05) is 22.0 Å². The first-order valence-electron chi connectivity index (χ1n) is 4.62. The summed E-state index contributed by atoms with van der Waals surface area (Å²) in [5.41, 5.74) is 2.92. The Bertz CT molecular complexity index is 479. The largest absolute Gasteiger partial charge is 0.390 e. The van der Waals surface area contributed by atoms with Crippen LogP contribution >= 0.6 is 15.9 Å². The third-order valence-electron chi connectivity index (χ3n) is 2.25. The molecule has 0 atom stereocenters. The van der Waals surface area contributed by atoms with Gasteiger partial charge in [0.2, 0.25) is 0 Å². The van der Waals surface area contributed by atoms with Crippen molar-refractivity contribution < 1.29 is 5.11 Å². The fourth-order valence-electron chi connectivity index (χ4n) is 1.43. The van der Waals surface area contributed by atoms with Gasteiger partial charge >= 0.3 is 0 Å². The van der Waals surface area contributed by atoms with Gasteiger partial charge in [0, 0.05) is 10.0 Å². The minimum absolute atomic E-state index is 0.0138. The second-order valence-corrected chi connectivity index (χ2v) is 4.29. The highest BCUT2D eigenvalue weighted by molar-refractivity contribution is 9.10. The summed E-state index contributed by atoms with van der Waals surface area (Å²) in [6, 6.07) is 6.03. The van der Waals surface area contributed by atoms with E-state index in [9.17, 15) is 0 Å². The van der Waals surface area contributed by atoms with Crippen LogP contribution in [0.25, 0.3) is 11.4 Å². The molecule has 1 aromatic heterocycles. The lowest BCUT2D eigenvalue weighted by molar-refractivity contribution is 0.277. The van der Waals surface area contributed by atoms with E-state index in [-0.39, 0.29) is 6.61 Å². The van der Waals surface area contributed by atoms with Gasteiger partial charge in [0.05, 0.1) is 18.5 Å². The first-order valence-corrected chi connectivity index (χ1v) is 5.41. The lowest BCUT2D eigenvalue weighted by atomic mass is 10.1. The van der Waals surface area contributed by atoms with Crippen LogP contribution in [0.3, 0.4) is 0 Å². The number of aromatic amines is 1. The standard InChI is InChI=1S/C11H11BrN2O/c1-7-2-3-8(12)4-10(7)11-13-5-9(6-15)14-11/h2-5,15H,6H2,1H3,(H,13,14). The lowest BCUT2D eigenvalue weighted by Gasteiger charge is -2.02. The highest BCUT2D eigenvalue weighted by Gasteiger charge is 2.06. The van der Waals surface area contributed by atoms with Crippen LogP contribution in [0.2, 0.25) is 0 Å².